The quantitative estimate of drug-likeness (QED) is 0.438. The maximum absolute atomic E-state index is 6.36. The molecule has 1 aliphatic rings. The van der Waals surface area contributed by atoms with Gasteiger partial charge in [0.2, 0.25) is 11.7 Å². The molecule has 1 unspecified atom stereocenters. The second-order valence-corrected chi connectivity index (χ2v) is 7.59. The number of rotatable bonds is 7. The lowest BCUT2D eigenvalue weighted by atomic mass is 10.2. The molecular weight excluding hydrogens is 406 g/mol. The van der Waals surface area contributed by atoms with E-state index in [0.29, 0.717) is 17.6 Å². The second kappa shape index (κ2) is 9.15. The van der Waals surface area contributed by atoms with Gasteiger partial charge in [0.05, 0.1) is 18.4 Å². The minimum atomic E-state index is 0.0735. The van der Waals surface area contributed by atoms with E-state index in [1.807, 2.05) is 54.6 Å². The van der Waals surface area contributed by atoms with Crippen LogP contribution >= 0.6 is 0 Å². The molecule has 162 valence electrons. The molecule has 0 spiro atoms. The fourth-order valence-corrected chi connectivity index (χ4v) is 3.80. The molecule has 0 N–H and O–H groups in total. The topological polar surface area (TPSA) is 86.4 Å². The van der Waals surface area contributed by atoms with Gasteiger partial charge in [-0.15, -0.1) is 0 Å². The first-order chi connectivity index (χ1) is 15.8. The van der Waals surface area contributed by atoms with Crippen LogP contribution in [0.15, 0.2) is 71.5 Å². The minimum absolute atomic E-state index is 0.0735. The van der Waals surface area contributed by atoms with E-state index in [4.69, 9.17) is 14.0 Å². The molecule has 5 rings (SSSR count). The molecule has 3 aromatic heterocycles. The van der Waals surface area contributed by atoms with Crippen molar-refractivity contribution in [3.05, 3.63) is 72.7 Å². The monoisotopic (exact) mass is 429 g/mol. The molecule has 0 bridgehead atoms. The molecule has 4 aromatic rings. The zero-order chi connectivity index (χ0) is 21.8. The first kappa shape index (κ1) is 20.1. The van der Waals surface area contributed by atoms with Gasteiger partial charge in [-0.25, -0.2) is 4.98 Å². The summed E-state index contributed by atoms with van der Waals surface area (Å²) in [7, 11) is 1.63. The number of hydrogen-bond acceptors (Lipinski definition) is 8. The number of benzene rings is 1. The van der Waals surface area contributed by atoms with Crippen molar-refractivity contribution in [1.29, 1.82) is 0 Å². The van der Waals surface area contributed by atoms with Crippen LogP contribution in [0.5, 0.6) is 11.6 Å². The molecular formula is C24H23N5O3. The maximum atomic E-state index is 6.36. The summed E-state index contributed by atoms with van der Waals surface area (Å²) in [5, 5.41) is 4.11. The summed E-state index contributed by atoms with van der Waals surface area (Å²) in [6.45, 7) is 2.52. The molecule has 1 aliphatic heterocycles. The molecule has 0 aliphatic carbocycles. The number of hydrogen-bond donors (Lipinski definition) is 0. The smallest absolute Gasteiger partial charge is 0.262 e. The third kappa shape index (κ3) is 4.45. The Labute approximate surface area is 185 Å². The number of para-hydroxylation sites is 1. The lowest BCUT2D eigenvalue weighted by molar-refractivity contribution is 0.198. The van der Waals surface area contributed by atoms with Crippen LogP contribution in [0, 0.1) is 0 Å². The van der Waals surface area contributed by atoms with Crippen LogP contribution in [-0.2, 0) is 6.54 Å². The van der Waals surface area contributed by atoms with Gasteiger partial charge in [0, 0.05) is 43.7 Å². The Morgan fingerprint density at radius 3 is 2.78 bits per heavy atom. The van der Waals surface area contributed by atoms with E-state index in [0.717, 1.165) is 48.6 Å². The van der Waals surface area contributed by atoms with E-state index in [-0.39, 0.29) is 6.10 Å². The van der Waals surface area contributed by atoms with Gasteiger partial charge in [0.1, 0.15) is 11.9 Å². The van der Waals surface area contributed by atoms with Gasteiger partial charge >= 0.3 is 0 Å². The van der Waals surface area contributed by atoms with E-state index in [1.165, 1.54) is 0 Å². The standard InChI is InChI=1S/C24H23N5O3/c1-30-22-8-4-5-18(26-22)15-29-14-11-19(16-29)31-21-7-3-2-6-20(21)24-27-23(28-32-24)17-9-12-25-13-10-17/h2-10,12-13,19H,11,14-16H2,1H3. The lowest BCUT2D eigenvalue weighted by Gasteiger charge is -2.17. The molecule has 1 atom stereocenters. The van der Waals surface area contributed by atoms with Gasteiger partial charge in [-0.2, -0.15) is 4.98 Å². The van der Waals surface area contributed by atoms with Gasteiger partial charge in [-0.05, 0) is 36.8 Å². The highest BCUT2D eigenvalue weighted by atomic mass is 16.5. The Bertz CT molecular complexity index is 1180. The Morgan fingerprint density at radius 2 is 1.91 bits per heavy atom. The molecule has 8 nitrogen and oxygen atoms in total. The van der Waals surface area contributed by atoms with Crippen molar-refractivity contribution in [2.24, 2.45) is 0 Å². The Kier molecular flexibility index (Phi) is 5.76. The highest BCUT2D eigenvalue weighted by Crippen LogP contribution is 2.32. The van der Waals surface area contributed by atoms with Crippen molar-refractivity contribution < 1.29 is 14.0 Å². The average Bonchev–Trinajstić information content (AvgIpc) is 3.50. The summed E-state index contributed by atoms with van der Waals surface area (Å²) >= 11 is 0. The van der Waals surface area contributed by atoms with Crippen LogP contribution in [0.25, 0.3) is 22.8 Å². The van der Waals surface area contributed by atoms with Crippen molar-refractivity contribution in [3.63, 3.8) is 0 Å². The molecule has 0 saturated carbocycles. The Balaban J connectivity index is 1.27. The largest absolute Gasteiger partial charge is 0.488 e. The van der Waals surface area contributed by atoms with Crippen LogP contribution in [0.4, 0.5) is 0 Å². The molecule has 1 aromatic carbocycles. The van der Waals surface area contributed by atoms with E-state index < -0.39 is 0 Å². The summed E-state index contributed by atoms with van der Waals surface area (Å²) in [5.74, 6) is 2.33. The first-order valence-electron chi connectivity index (χ1n) is 10.5. The summed E-state index contributed by atoms with van der Waals surface area (Å²) in [6, 6.07) is 17.3. The molecule has 4 heterocycles. The van der Waals surface area contributed by atoms with Gasteiger partial charge in [0.25, 0.3) is 5.89 Å². The zero-order valence-electron chi connectivity index (χ0n) is 17.7. The molecule has 32 heavy (non-hydrogen) atoms. The third-order valence-corrected chi connectivity index (χ3v) is 5.38. The molecule has 1 fully saturated rings. The number of methoxy groups -OCH3 is 1. The van der Waals surface area contributed by atoms with Gasteiger partial charge in [0.15, 0.2) is 0 Å². The maximum Gasteiger partial charge on any atom is 0.262 e. The van der Waals surface area contributed by atoms with Crippen LogP contribution in [0.3, 0.4) is 0 Å². The number of likely N-dealkylation sites (tertiary alicyclic amines) is 1. The second-order valence-electron chi connectivity index (χ2n) is 7.59. The van der Waals surface area contributed by atoms with Crippen molar-refractivity contribution >= 4 is 0 Å². The summed E-state index contributed by atoms with van der Waals surface area (Å²) < 4.78 is 17.1. The highest BCUT2D eigenvalue weighted by molar-refractivity contribution is 5.65. The molecule has 1 saturated heterocycles. The fraction of sp³-hybridized carbons (Fsp3) is 0.250. The zero-order valence-corrected chi connectivity index (χ0v) is 17.7. The molecule has 0 amide bonds. The van der Waals surface area contributed by atoms with E-state index in [9.17, 15) is 0 Å². The average molecular weight is 429 g/mol. The third-order valence-electron chi connectivity index (χ3n) is 5.38. The highest BCUT2D eigenvalue weighted by Gasteiger charge is 2.26. The van der Waals surface area contributed by atoms with Crippen molar-refractivity contribution in [1.82, 2.24) is 25.0 Å². The van der Waals surface area contributed by atoms with Crippen LogP contribution in [0.2, 0.25) is 0 Å². The fourth-order valence-electron chi connectivity index (χ4n) is 3.80. The molecule has 0 radical (unpaired) electrons. The summed E-state index contributed by atoms with van der Waals surface area (Å²) in [5.41, 5.74) is 2.62. The normalized spacial score (nSPS) is 16.2. The number of aromatic nitrogens is 4. The van der Waals surface area contributed by atoms with E-state index in [2.05, 4.69) is 25.0 Å². The number of nitrogens with zero attached hydrogens (tertiary/aromatic N) is 5. The molecule has 8 heteroatoms. The number of ether oxygens (including phenoxy) is 2. The van der Waals surface area contributed by atoms with Crippen molar-refractivity contribution in [2.75, 3.05) is 20.2 Å². The first-order valence-corrected chi connectivity index (χ1v) is 10.5. The summed E-state index contributed by atoms with van der Waals surface area (Å²) in [6.07, 6.45) is 4.42. The summed E-state index contributed by atoms with van der Waals surface area (Å²) in [4.78, 5) is 15.4. The van der Waals surface area contributed by atoms with Crippen LogP contribution < -0.4 is 9.47 Å². The van der Waals surface area contributed by atoms with Gasteiger partial charge in [-0.1, -0.05) is 23.4 Å². The SMILES string of the molecule is COc1cccc(CN2CCC(Oc3ccccc3-c3nc(-c4ccncc4)no3)C2)n1. The Morgan fingerprint density at radius 1 is 1.03 bits per heavy atom. The van der Waals surface area contributed by atoms with Gasteiger partial charge < -0.3 is 14.0 Å². The van der Waals surface area contributed by atoms with Crippen LogP contribution in [0.1, 0.15) is 12.1 Å². The minimum Gasteiger partial charge on any atom is -0.488 e. The predicted molar refractivity (Wildman–Crippen MR) is 118 cm³/mol. The van der Waals surface area contributed by atoms with E-state index >= 15 is 0 Å². The van der Waals surface area contributed by atoms with E-state index in [1.54, 1.807) is 19.5 Å². The lowest BCUT2D eigenvalue weighted by Crippen LogP contribution is -2.25. The van der Waals surface area contributed by atoms with Crippen molar-refractivity contribution in [2.45, 2.75) is 19.1 Å². The Hall–Kier alpha value is -3.78. The van der Waals surface area contributed by atoms with Crippen molar-refractivity contribution in [3.8, 4) is 34.5 Å². The number of pyridine rings is 2. The van der Waals surface area contributed by atoms with Gasteiger partial charge in [-0.3, -0.25) is 9.88 Å². The predicted octanol–water partition coefficient (Wildman–Crippen LogP) is 3.86. The van der Waals surface area contributed by atoms with Crippen LogP contribution in [-0.4, -0.2) is 51.3 Å².